The Bertz CT molecular complexity index is 1020. The van der Waals surface area contributed by atoms with Crippen molar-refractivity contribution in [3.8, 4) is 12.3 Å². The summed E-state index contributed by atoms with van der Waals surface area (Å²) in [6, 6.07) is 8.62. The Kier molecular flexibility index (Phi) is 4.31. The number of nitrogens with zero attached hydrogens (tertiary/aromatic N) is 2. The molecule has 1 aromatic carbocycles. The third kappa shape index (κ3) is 3.14. The average molecular weight is 339 g/mol. The van der Waals surface area contributed by atoms with Crippen molar-refractivity contribution in [1.29, 1.82) is 0 Å². The van der Waals surface area contributed by atoms with Crippen molar-refractivity contribution in [3.05, 3.63) is 47.2 Å². The summed E-state index contributed by atoms with van der Waals surface area (Å²) in [6.07, 6.45) is 6.85. The molecule has 1 N–H and O–H groups in total. The molecule has 7 heteroatoms. The van der Waals surface area contributed by atoms with Crippen molar-refractivity contribution in [3.63, 3.8) is 0 Å². The molecule has 0 aliphatic heterocycles. The van der Waals surface area contributed by atoms with Crippen molar-refractivity contribution in [1.82, 2.24) is 4.57 Å². The lowest BCUT2D eigenvalue weighted by molar-refractivity contribution is -0.114. The zero-order valence-corrected chi connectivity index (χ0v) is 13.6. The van der Waals surface area contributed by atoms with E-state index in [9.17, 15) is 9.59 Å². The number of thiazole rings is 1. The SMILES string of the molecule is C#CCn1c(=NC(=O)c2ccco2)sc2cc(NC(C)=O)ccc21. The first kappa shape index (κ1) is 15.8. The number of terminal acetylenes is 1. The van der Waals surface area contributed by atoms with E-state index in [-0.39, 0.29) is 18.2 Å². The first-order chi connectivity index (χ1) is 11.6. The molecule has 3 aromatic rings. The van der Waals surface area contributed by atoms with Crippen molar-refractivity contribution in [2.75, 3.05) is 5.32 Å². The molecular formula is C17H13N3O3S. The fourth-order valence-electron chi connectivity index (χ4n) is 2.23. The first-order valence-corrected chi connectivity index (χ1v) is 7.87. The molecule has 0 unspecified atom stereocenters. The third-order valence-electron chi connectivity index (χ3n) is 3.18. The van der Waals surface area contributed by atoms with Gasteiger partial charge in [0.15, 0.2) is 10.6 Å². The van der Waals surface area contributed by atoms with Gasteiger partial charge in [-0.05, 0) is 30.3 Å². The number of benzene rings is 1. The normalized spacial score (nSPS) is 11.4. The number of nitrogens with one attached hydrogen (secondary N) is 1. The fraction of sp³-hybridized carbons (Fsp3) is 0.118. The zero-order valence-electron chi connectivity index (χ0n) is 12.8. The van der Waals surface area contributed by atoms with Gasteiger partial charge < -0.3 is 14.3 Å². The molecule has 24 heavy (non-hydrogen) atoms. The molecular weight excluding hydrogens is 326 g/mol. The van der Waals surface area contributed by atoms with E-state index >= 15 is 0 Å². The lowest BCUT2D eigenvalue weighted by atomic mass is 10.3. The maximum absolute atomic E-state index is 12.1. The van der Waals surface area contributed by atoms with Crippen LogP contribution in [0.3, 0.4) is 0 Å². The predicted octanol–water partition coefficient (Wildman–Crippen LogP) is 2.63. The Hall–Kier alpha value is -3.11. The van der Waals surface area contributed by atoms with E-state index in [1.807, 2.05) is 12.1 Å². The van der Waals surface area contributed by atoms with Crippen LogP contribution in [0.5, 0.6) is 0 Å². The summed E-state index contributed by atoms with van der Waals surface area (Å²) in [5, 5.41) is 2.73. The highest BCUT2D eigenvalue weighted by molar-refractivity contribution is 7.16. The number of carbonyl (C=O) groups is 2. The van der Waals surface area contributed by atoms with E-state index in [0.717, 1.165) is 10.2 Å². The Morgan fingerprint density at radius 2 is 2.25 bits per heavy atom. The summed E-state index contributed by atoms with van der Waals surface area (Å²) in [7, 11) is 0. The lowest BCUT2D eigenvalue weighted by Gasteiger charge is -2.03. The Morgan fingerprint density at radius 1 is 1.42 bits per heavy atom. The van der Waals surface area contributed by atoms with E-state index < -0.39 is 5.91 Å². The molecule has 0 saturated heterocycles. The second-order valence-electron chi connectivity index (χ2n) is 4.93. The summed E-state index contributed by atoms with van der Waals surface area (Å²) < 4.78 is 7.71. The fourth-order valence-corrected chi connectivity index (χ4v) is 3.29. The van der Waals surface area contributed by atoms with Gasteiger partial charge in [0.25, 0.3) is 0 Å². The van der Waals surface area contributed by atoms with Crippen molar-refractivity contribution in [2.45, 2.75) is 13.5 Å². The topological polar surface area (TPSA) is 76.6 Å². The molecule has 2 aromatic heterocycles. The first-order valence-electron chi connectivity index (χ1n) is 7.05. The monoisotopic (exact) mass is 339 g/mol. The Balaban J connectivity index is 2.12. The molecule has 0 bridgehead atoms. The molecule has 6 nitrogen and oxygen atoms in total. The van der Waals surface area contributed by atoms with Crippen LogP contribution < -0.4 is 10.1 Å². The number of fused-ring (bicyclic) bond motifs is 1. The van der Waals surface area contributed by atoms with E-state index in [1.54, 1.807) is 22.8 Å². The summed E-state index contributed by atoms with van der Waals surface area (Å²) in [5.74, 6) is 2.10. The summed E-state index contributed by atoms with van der Waals surface area (Å²) in [5.41, 5.74) is 1.52. The number of hydrogen-bond donors (Lipinski definition) is 1. The van der Waals surface area contributed by atoms with Gasteiger partial charge in [-0.25, -0.2) is 0 Å². The number of furan rings is 1. The molecule has 0 spiro atoms. The Labute approximate surface area is 141 Å². The maximum atomic E-state index is 12.1. The molecule has 0 aliphatic carbocycles. The summed E-state index contributed by atoms with van der Waals surface area (Å²) in [6.45, 7) is 1.73. The quantitative estimate of drug-likeness (QED) is 0.745. The van der Waals surface area contributed by atoms with Crippen LogP contribution >= 0.6 is 11.3 Å². The third-order valence-corrected chi connectivity index (χ3v) is 4.22. The van der Waals surface area contributed by atoms with Gasteiger partial charge in [-0.3, -0.25) is 9.59 Å². The van der Waals surface area contributed by atoms with Gasteiger partial charge in [0, 0.05) is 12.6 Å². The molecule has 0 atom stereocenters. The van der Waals surface area contributed by atoms with Gasteiger partial charge in [0.05, 0.1) is 23.0 Å². The van der Waals surface area contributed by atoms with E-state index in [2.05, 4.69) is 16.2 Å². The second kappa shape index (κ2) is 6.56. The molecule has 120 valence electrons. The molecule has 3 rings (SSSR count). The molecule has 0 radical (unpaired) electrons. The number of hydrogen-bond acceptors (Lipinski definition) is 4. The standard InChI is InChI=1S/C17H13N3O3S/c1-3-8-20-13-7-6-12(18-11(2)21)10-15(13)24-17(20)19-16(22)14-5-4-9-23-14/h1,4-7,9-10H,8H2,2H3,(H,18,21). The van der Waals surface area contributed by atoms with Crippen molar-refractivity contribution in [2.24, 2.45) is 4.99 Å². The van der Waals surface area contributed by atoms with Crippen LogP contribution in [0.15, 0.2) is 46.0 Å². The van der Waals surface area contributed by atoms with Crippen LogP contribution in [0.1, 0.15) is 17.5 Å². The van der Waals surface area contributed by atoms with Crippen LogP contribution in [-0.2, 0) is 11.3 Å². The minimum atomic E-state index is -0.473. The summed E-state index contributed by atoms with van der Waals surface area (Å²) >= 11 is 1.32. The number of aromatic nitrogens is 1. The van der Waals surface area contributed by atoms with Crippen LogP contribution in [0.2, 0.25) is 0 Å². The van der Waals surface area contributed by atoms with Crippen LogP contribution in [0.4, 0.5) is 5.69 Å². The summed E-state index contributed by atoms with van der Waals surface area (Å²) in [4.78, 5) is 27.9. The van der Waals surface area contributed by atoms with Gasteiger partial charge >= 0.3 is 5.91 Å². The molecule has 0 aliphatic rings. The second-order valence-corrected chi connectivity index (χ2v) is 5.94. The van der Waals surface area contributed by atoms with Crippen molar-refractivity contribution >= 4 is 39.1 Å². The van der Waals surface area contributed by atoms with Crippen LogP contribution in [0, 0.1) is 12.3 Å². The molecule has 2 heterocycles. The van der Waals surface area contributed by atoms with E-state index in [1.165, 1.54) is 24.5 Å². The highest BCUT2D eigenvalue weighted by Crippen LogP contribution is 2.22. The van der Waals surface area contributed by atoms with Crippen molar-refractivity contribution < 1.29 is 14.0 Å². The van der Waals surface area contributed by atoms with Gasteiger partial charge in [-0.15, -0.1) is 6.42 Å². The minimum Gasteiger partial charge on any atom is -0.459 e. The smallest absolute Gasteiger partial charge is 0.315 e. The van der Waals surface area contributed by atoms with Gasteiger partial charge in [-0.2, -0.15) is 4.99 Å². The van der Waals surface area contributed by atoms with Crippen LogP contribution in [0.25, 0.3) is 10.2 Å². The highest BCUT2D eigenvalue weighted by Gasteiger charge is 2.11. The van der Waals surface area contributed by atoms with E-state index in [0.29, 0.717) is 10.5 Å². The number of anilines is 1. The number of rotatable bonds is 3. The number of amides is 2. The predicted molar refractivity (Wildman–Crippen MR) is 91.6 cm³/mol. The van der Waals surface area contributed by atoms with E-state index in [4.69, 9.17) is 10.8 Å². The van der Waals surface area contributed by atoms with Gasteiger partial charge in [0.1, 0.15) is 0 Å². The minimum absolute atomic E-state index is 0.152. The van der Waals surface area contributed by atoms with Crippen LogP contribution in [-0.4, -0.2) is 16.4 Å². The van der Waals surface area contributed by atoms with Gasteiger partial charge in [-0.1, -0.05) is 17.3 Å². The number of carbonyl (C=O) groups excluding carboxylic acids is 2. The average Bonchev–Trinajstić information content (AvgIpc) is 3.16. The zero-order chi connectivity index (χ0) is 17.1. The highest BCUT2D eigenvalue weighted by atomic mass is 32.1. The molecule has 2 amide bonds. The molecule has 0 fully saturated rings. The lowest BCUT2D eigenvalue weighted by Crippen LogP contribution is -2.16. The largest absolute Gasteiger partial charge is 0.459 e. The Morgan fingerprint density at radius 3 is 2.92 bits per heavy atom. The maximum Gasteiger partial charge on any atom is 0.315 e. The van der Waals surface area contributed by atoms with Gasteiger partial charge in [0.2, 0.25) is 5.91 Å². The molecule has 0 saturated carbocycles.